The van der Waals surface area contributed by atoms with Gasteiger partial charge in [0.1, 0.15) is 59.5 Å². The van der Waals surface area contributed by atoms with Gasteiger partial charge in [-0.2, -0.15) is 26.3 Å². The molecule has 7 N–H and O–H groups in total. The molecule has 8 heterocycles. The number of halogens is 14. The van der Waals surface area contributed by atoms with E-state index < -0.39 is 222 Å². The molecule has 44 heteroatoms. The average molecular weight is 1790 g/mol. The average Bonchev–Trinajstić information content (AvgIpc) is 1.64. The Labute approximate surface area is 708 Å². The second kappa shape index (κ2) is 42.2. The number of amides is 11. The Kier molecular flexibility index (Phi) is 34.4. The van der Waals surface area contributed by atoms with Crippen molar-refractivity contribution in [2.24, 2.45) is 29.4 Å². The lowest BCUT2D eigenvalue weighted by Gasteiger charge is -2.34. The number of carbonyl (C=O) groups is 11. The summed E-state index contributed by atoms with van der Waals surface area (Å²) >= 11 is 4.64. The van der Waals surface area contributed by atoms with Crippen LogP contribution < -0.4 is 32.3 Å². The van der Waals surface area contributed by atoms with Gasteiger partial charge in [0.15, 0.2) is 34.9 Å². The summed E-state index contributed by atoms with van der Waals surface area (Å²) in [4.78, 5) is 158. The zero-order valence-corrected chi connectivity index (χ0v) is 71.2. The molecule has 122 heavy (non-hydrogen) atoms. The standard InChI is InChI=1S/C41H55F6N9O7.C36H47F6N9O5.CH3Cl.ClH/c1-21(2)32(49-35(59)29-11-9-13-55(29)37(61)33(22(3)4)50-39(62)63-40(5,6)7)36(60)54-12-8-10-28(54)34(58)48-24(16-23-17-26(43)27(44)19-25(23)42)18-31(57)53-14-15-56-30(20-53)51-52-38(56)41(45,46)47;1-18(2)29(43)33(55)49-9-5-8-26(49)32(54)45-30(19(3)4)34(56)50-10-6-7-25(50)31(53)44-21(13-20-14-23(38)24(39)16-22(20)37)15-28(52)48-11-12-51-27(17-48)46-47-35(51)36(40,41)42;1-2;/h17,19,21-22,24,28-29,32-33H,8-16,18,20H2,1-7H3,(H,48,58)(H,49,59)(H,50,62);14,16,18-19,21,25-26,29-30H,5-13,15,17,43H2,1-4H3,(H,44,53)(H,45,54);1H3;1H. The van der Waals surface area contributed by atoms with Gasteiger partial charge in [0.2, 0.25) is 70.7 Å². The molecule has 0 bridgehead atoms. The summed E-state index contributed by atoms with van der Waals surface area (Å²) in [5.41, 5.74) is 4.54. The predicted molar refractivity (Wildman–Crippen MR) is 416 cm³/mol. The summed E-state index contributed by atoms with van der Waals surface area (Å²) in [7, 11) is 0. The first-order valence-electron chi connectivity index (χ1n) is 40.0. The van der Waals surface area contributed by atoms with E-state index in [1.807, 2.05) is 0 Å². The molecule has 678 valence electrons. The van der Waals surface area contributed by atoms with Gasteiger partial charge in [0.25, 0.3) is 0 Å². The SMILES string of the molecule is CC(C)C(N)C(=O)N1CCCC1C(=O)NC(C(=O)N1CCCC1C(=O)NC(CC(=O)N1CCn2c(nnc2C(F)(F)F)C1)Cc1cc(F)c(F)cc1F)C(C)C.CC(C)C(NC(=O)OC(C)(C)C)C(=O)N1CCCC1C(=O)NC(C(=O)N1CCCC1C(=O)NC(CC(=O)N1CCn2c(nnc2C(F)(F)F)C1)Cc1cc(F)c(F)cc1F)C(C)C.CCl.Cl. The number of ether oxygens (including phenoxy) is 1. The van der Waals surface area contributed by atoms with E-state index >= 15 is 0 Å². The number of carbonyl (C=O) groups excluding carboxylic acids is 11. The lowest BCUT2D eigenvalue weighted by atomic mass is 9.99. The van der Waals surface area contributed by atoms with Crippen LogP contribution in [0.25, 0.3) is 0 Å². The van der Waals surface area contributed by atoms with E-state index in [0.717, 1.165) is 9.13 Å². The van der Waals surface area contributed by atoms with Crippen LogP contribution in [0.15, 0.2) is 24.3 Å². The van der Waals surface area contributed by atoms with Crippen LogP contribution in [0, 0.1) is 58.6 Å². The zero-order chi connectivity index (χ0) is 89.9. The number of hydrogen-bond acceptors (Lipinski definition) is 17. The molecular weight excluding hydrogens is 1680 g/mol. The van der Waals surface area contributed by atoms with Crippen LogP contribution in [0.4, 0.5) is 57.5 Å². The minimum absolute atomic E-state index is 0. The van der Waals surface area contributed by atoms with Crippen LogP contribution in [0.2, 0.25) is 0 Å². The van der Waals surface area contributed by atoms with Crippen LogP contribution in [0.1, 0.15) is 175 Å². The van der Waals surface area contributed by atoms with Gasteiger partial charge in [-0.25, -0.2) is 31.1 Å². The normalized spacial score (nSPS) is 19.4. The molecule has 4 aromatic rings. The van der Waals surface area contributed by atoms with Gasteiger partial charge in [0.05, 0.1) is 19.1 Å². The van der Waals surface area contributed by atoms with Crippen molar-refractivity contribution in [2.45, 2.75) is 258 Å². The third kappa shape index (κ3) is 24.7. The van der Waals surface area contributed by atoms with Gasteiger partial charge in [-0.05, 0) is 132 Å². The van der Waals surface area contributed by atoms with Crippen molar-refractivity contribution in [1.82, 2.24) is 85.5 Å². The summed E-state index contributed by atoms with van der Waals surface area (Å²) in [6.45, 7) is 18.1. The van der Waals surface area contributed by atoms with Crippen molar-refractivity contribution in [3.05, 3.63) is 93.6 Å². The van der Waals surface area contributed by atoms with Crippen LogP contribution in [0.5, 0.6) is 0 Å². The molecule has 0 radical (unpaired) electrons. The Morgan fingerprint density at radius 3 is 1.04 bits per heavy atom. The number of alkyl halides is 7. The highest BCUT2D eigenvalue weighted by Gasteiger charge is 2.48. The molecule has 10 rings (SSSR count). The molecular formula is C78H106Cl2F12N18O12. The molecule has 0 spiro atoms. The number of alkyl carbamates (subject to hydrolysis) is 1. The fourth-order valence-electron chi connectivity index (χ4n) is 15.5. The van der Waals surface area contributed by atoms with Crippen LogP contribution in [-0.2, 0) is 104 Å². The number of nitrogens with zero attached hydrogens (tertiary/aromatic N) is 12. The molecule has 6 aliphatic rings. The number of fused-ring (bicyclic) bond motifs is 2. The van der Waals surface area contributed by atoms with Crippen LogP contribution in [0.3, 0.4) is 0 Å². The molecule has 2 aromatic heterocycles. The van der Waals surface area contributed by atoms with Gasteiger partial charge in [-0.1, -0.05) is 55.4 Å². The molecule has 6 aliphatic heterocycles. The van der Waals surface area contributed by atoms with Crippen LogP contribution >= 0.6 is 24.0 Å². The first-order valence-corrected chi connectivity index (χ1v) is 40.8. The minimum Gasteiger partial charge on any atom is -0.444 e. The van der Waals surface area contributed by atoms with Crippen molar-refractivity contribution in [3.63, 3.8) is 0 Å². The van der Waals surface area contributed by atoms with Crippen molar-refractivity contribution in [1.29, 1.82) is 0 Å². The number of nitrogens with one attached hydrogen (secondary N) is 5. The van der Waals surface area contributed by atoms with Crippen LogP contribution in [-0.4, -0.2) is 236 Å². The van der Waals surface area contributed by atoms with Crippen molar-refractivity contribution >= 4 is 89.2 Å². The Bertz CT molecular complexity index is 4440. The van der Waals surface area contributed by atoms with Gasteiger partial charge in [0, 0.05) is 95.8 Å². The van der Waals surface area contributed by atoms with E-state index in [2.05, 4.69) is 58.6 Å². The molecule has 30 nitrogen and oxygen atoms in total. The summed E-state index contributed by atoms with van der Waals surface area (Å²) in [6.07, 6.45) is -8.10. The summed E-state index contributed by atoms with van der Waals surface area (Å²) in [5.74, 6) is -18.1. The molecule has 2 aromatic carbocycles. The minimum atomic E-state index is -4.78. The highest BCUT2D eigenvalue weighted by molar-refractivity contribution is 6.15. The van der Waals surface area contributed by atoms with Crippen molar-refractivity contribution in [3.8, 4) is 0 Å². The van der Waals surface area contributed by atoms with E-state index in [0.29, 0.717) is 62.9 Å². The Hall–Kier alpha value is -9.61. The Balaban J connectivity index is 0.000000328. The summed E-state index contributed by atoms with van der Waals surface area (Å²) in [5, 5.41) is 27.1. The van der Waals surface area contributed by atoms with Gasteiger partial charge < -0.3 is 75.6 Å². The van der Waals surface area contributed by atoms with Crippen molar-refractivity contribution in [2.75, 3.05) is 45.7 Å². The predicted octanol–water partition coefficient (Wildman–Crippen LogP) is 7.40. The first-order chi connectivity index (χ1) is 56.6. The number of nitrogens with two attached hydrogens (primary N) is 1. The highest BCUT2D eigenvalue weighted by atomic mass is 35.5. The lowest BCUT2D eigenvalue weighted by Crippen LogP contribution is -2.60. The number of hydrogen-bond donors (Lipinski definition) is 6. The Morgan fingerprint density at radius 1 is 0.434 bits per heavy atom. The smallest absolute Gasteiger partial charge is 0.444 e. The summed E-state index contributed by atoms with van der Waals surface area (Å²) in [6, 6.07) is -8.72. The maximum Gasteiger partial charge on any atom is 0.451 e. The molecule has 0 aliphatic carbocycles. The highest BCUT2D eigenvalue weighted by Crippen LogP contribution is 2.34. The van der Waals surface area contributed by atoms with E-state index in [1.165, 1.54) is 35.8 Å². The van der Waals surface area contributed by atoms with Gasteiger partial charge >= 0.3 is 18.4 Å². The molecule has 10 unspecified atom stereocenters. The zero-order valence-electron chi connectivity index (χ0n) is 69.6. The number of likely N-dealkylation sites (tertiary alicyclic amines) is 4. The second-order valence-corrected chi connectivity index (χ2v) is 33.1. The topological polar surface area (TPSA) is 364 Å². The van der Waals surface area contributed by atoms with E-state index in [1.54, 1.807) is 76.2 Å². The fraction of sp³-hybridized carbons (Fsp3) is 0.654. The fourth-order valence-corrected chi connectivity index (χ4v) is 15.5. The maximum atomic E-state index is 14.9. The van der Waals surface area contributed by atoms with E-state index in [9.17, 15) is 105 Å². The maximum absolute atomic E-state index is 14.9. The largest absolute Gasteiger partial charge is 0.451 e. The second-order valence-electron chi connectivity index (χ2n) is 33.1. The lowest BCUT2D eigenvalue weighted by molar-refractivity contribution is -0.149. The van der Waals surface area contributed by atoms with E-state index in [4.69, 9.17) is 10.5 Å². The first kappa shape index (κ1) is 99.5. The molecule has 0 saturated carbocycles. The number of aromatic nitrogens is 6. The third-order valence-electron chi connectivity index (χ3n) is 21.8. The molecule has 4 fully saturated rings. The number of rotatable bonds is 25. The molecule has 10 atom stereocenters. The quantitative estimate of drug-likeness (QED) is 0.0214. The van der Waals surface area contributed by atoms with Crippen molar-refractivity contribution < 1.29 is 110 Å². The number of benzene rings is 2. The molecule has 4 saturated heterocycles. The van der Waals surface area contributed by atoms with Gasteiger partial charge in [-0.3, -0.25) is 47.9 Å². The summed E-state index contributed by atoms with van der Waals surface area (Å²) < 4.78 is 173. The monoisotopic (exact) mass is 1780 g/mol. The van der Waals surface area contributed by atoms with Gasteiger partial charge in [-0.15, -0.1) is 44.4 Å². The molecule has 11 amide bonds. The Morgan fingerprint density at radius 2 is 0.738 bits per heavy atom. The van der Waals surface area contributed by atoms with E-state index in [-0.39, 0.29) is 131 Å². The third-order valence-corrected chi connectivity index (χ3v) is 21.8.